The van der Waals surface area contributed by atoms with E-state index >= 15 is 0 Å². The summed E-state index contributed by atoms with van der Waals surface area (Å²) in [6, 6.07) is 14.8. The summed E-state index contributed by atoms with van der Waals surface area (Å²) < 4.78 is 5.84. The highest BCUT2D eigenvalue weighted by atomic mass is 32.1. The molecule has 3 aromatic heterocycles. The molecule has 38 heavy (non-hydrogen) atoms. The number of anilines is 3. The molecule has 1 saturated heterocycles. The van der Waals surface area contributed by atoms with Crippen LogP contribution in [-0.4, -0.2) is 45.9 Å². The van der Waals surface area contributed by atoms with Crippen LogP contribution in [0.25, 0.3) is 10.2 Å². The first-order valence-electron chi connectivity index (χ1n) is 12.5. The van der Waals surface area contributed by atoms with Crippen molar-refractivity contribution >= 4 is 50.7 Å². The zero-order chi connectivity index (χ0) is 26.1. The van der Waals surface area contributed by atoms with Crippen LogP contribution in [0, 0.1) is 0 Å². The van der Waals surface area contributed by atoms with Crippen molar-refractivity contribution in [3.8, 4) is 11.5 Å². The molecule has 9 nitrogen and oxygen atoms in total. The zero-order valence-corrected chi connectivity index (χ0v) is 21.4. The van der Waals surface area contributed by atoms with Gasteiger partial charge in [-0.15, -0.1) is 11.3 Å². The molecule has 10 heteroatoms. The summed E-state index contributed by atoms with van der Waals surface area (Å²) >= 11 is 1.55. The van der Waals surface area contributed by atoms with E-state index in [1.165, 1.54) is 6.08 Å². The first kappa shape index (κ1) is 24.1. The number of urea groups is 1. The molecule has 0 radical (unpaired) electrons. The van der Waals surface area contributed by atoms with Crippen LogP contribution in [0.4, 0.5) is 22.0 Å². The number of hydrogen-bond acceptors (Lipinski definition) is 7. The Morgan fingerprint density at radius 2 is 2.05 bits per heavy atom. The number of pyridine rings is 2. The Hall–Kier alpha value is -4.28. The minimum absolute atomic E-state index is 0.0390. The number of carbonyl (C=O) groups excluding carboxylic acids is 2. The van der Waals surface area contributed by atoms with Crippen molar-refractivity contribution in [2.75, 3.05) is 23.3 Å². The molecule has 2 N–H and O–H groups in total. The summed E-state index contributed by atoms with van der Waals surface area (Å²) in [4.78, 5) is 39.7. The van der Waals surface area contributed by atoms with Crippen LogP contribution in [0.1, 0.15) is 17.7 Å². The first-order chi connectivity index (χ1) is 18.6. The van der Waals surface area contributed by atoms with E-state index in [0.717, 1.165) is 45.9 Å². The van der Waals surface area contributed by atoms with Crippen LogP contribution in [0.3, 0.4) is 0 Å². The number of carbonyl (C=O) groups is 2. The molecular weight excluding hydrogens is 500 g/mol. The lowest BCUT2D eigenvalue weighted by Gasteiger charge is -2.32. The van der Waals surface area contributed by atoms with Gasteiger partial charge in [0.25, 0.3) is 0 Å². The largest absolute Gasteiger partial charge is 0.456 e. The summed E-state index contributed by atoms with van der Waals surface area (Å²) in [5, 5.41) is 7.54. The molecule has 2 aliphatic heterocycles. The van der Waals surface area contributed by atoms with Gasteiger partial charge in [-0.25, -0.2) is 19.7 Å². The molecular formula is C28H26N6O3S. The molecule has 3 amide bonds. The van der Waals surface area contributed by atoms with Crippen LogP contribution >= 0.6 is 11.3 Å². The minimum atomic E-state index is -0.283. The summed E-state index contributed by atoms with van der Waals surface area (Å²) in [5.74, 6) is 1.74. The number of aromatic nitrogens is 2. The van der Waals surface area contributed by atoms with Crippen molar-refractivity contribution in [1.29, 1.82) is 0 Å². The van der Waals surface area contributed by atoms with E-state index in [9.17, 15) is 9.59 Å². The maximum absolute atomic E-state index is 13.3. The number of likely N-dealkylation sites (tertiary alicyclic amines) is 1. The SMILES string of the molecule is C=CC(=O)N1CCC[C@@H](NCc2sc3nccc4c3c2NC(=O)N4c2ccc(Oc3ccccc3)cn2)C1. The minimum Gasteiger partial charge on any atom is -0.456 e. The van der Waals surface area contributed by atoms with Gasteiger partial charge in [-0.1, -0.05) is 24.8 Å². The molecule has 6 rings (SSSR count). The summed E-state index contributed by atoms with van der Waals surface area (Å²) in [5.41, 5.74) is 1.52. The third-order valence-electron chi connectivity index (χ3n) is 6.71. The monoisotopic (exact) mass is 526 g/mol. The number of rotatable bonds is 7. The van der Waals surface area contributed by atoms with Crippen molar-refractivity contribution in [3.63, 3.8) is 0 Å². The predicted molar refractivity (Wildman–Crippen MR) is 148 cm³/mol. The quantitative estimate of drug-likeness (QED) is 0.312. The van der Waals surface area contributed by atoms with E-state index < -0.39 is 0 Å². The fraction of sp³-hybridized carbons (Fsp3) is 0.214. The number of benzene rings is 1. The Morgan fingerprint density at radius 3 is 2.84 bits per heavy atom. The fourth-order valence-corrected chi connectivity index (χ4v) is 5.96. The van der Waals surface area contributed by atoms with Crippen LogP contribution in [0.15, 0.2) is 73.6 Å². The van der Waals surface area contributed by atoms with Crippen molar-refractivity contribution < 1.29 is 14.3 Å². The Bertz CT molecular complexity index is 1500. The number of hydrogen-bond donors (Lipinski definition) is 2. The highest BCUT2D eigenvalue weighted by Gasteiger charge is 2.32. The Kier molecular flexibility index (Phi) is 6.48. The lowest BCUT2D eigenvalue weighted by atomic mass is 10.1. The standard InChI is InChI=1S/C28H26N6O3S/c1-2-24(35)33-14-6-7-18(17-33)30-16-22-26-25-21(12-13-29-27(25)38-22)34(28(36)32-26)23-11-10-20(15-31-23)37-19-8-4-3-5-9-19/h2-5,8-13,15,18,30H,1,6-7,14,16-17H2,(H,32,36)/t18-/m1/s1. The normalized spacial score (nSPS) is 16.8. The molecule has 1 aromatic carbocycles. The topological polar surface area (TPSA) is 99.7 Å². The molecule has 1 atom stereocenters. The van der Waals surface area contributed by atoms with Gasteiger partial charge in [0.05, 0.1) is 23.0 Å². The summed E-state index contributed by atoms with van der Waals surface area (Å²) in [6.07, 6.45) is 6.62. The van der Waals surface area contributed by atoms with Gasteiger partial charge in [0, 0.05) is 36.8 Å². The van der Waals surface area contributed by atoms with Crippen molar-refractivity contribution in [3.05, 3.63) is 78.5 Å². The van der Waals surface area contributed by atoms with Gasteiger partial charge in [-0.3, -0.25) is 4.79 Å². The number of ether oxygens (including phenoxy) is 1. The third kappa shape index (κ3) is 4.59. The van der Waals surface area contributed by atoms with E-state index in [0.29, 0.717) is 30.4 Å². The first-order valence-corrected chi connectivity index (χ1v) is 13.3. The lowest BCUT2D eigenvalue weighted by Crippen LogP contribution is -2.47. The van der Waals surface area contributed by atoms with Gasteiger partial charge in [0.2, 0.25) is 5.91 Å². The van der Waals surface area contributed by atoms with Crippen LogP contribution in [0.5, 0.6) is 11.5 Å². The molecule has 0 unspecified atom stereocenters. The molecule has 192 valence electrons. The second kappa shape index (κ2) is 10.2. The fourth-order valence-electron chi connectivity index (χ4n) is 4.90. The van der Waals surface area contributed by atoms with Crippen LogP contribution < -0.4 is 20.3 Å². The van der Waals surface area contributed by atoms with Gasteiger partial charge < -0.3 is 20.3 Å². The highest BCUT2D eigenvalue weighted by molar-refractivity contribution is 7.19. The van der Waals surface area contributed by atoms with Gasteiger partial charge >= 0.3 is 6.03 Å². The molecule has 4 aromatic rings. The lowest BCUT2D eigenvalue weighted by molar-refractivity contribution is -0.127. The van der Waals surface area contributed by atoms with E-state index in [1.807, 2.05) is 41.3 Å². The van der Waals surface area contributed by atoms with Gasteiger partial charge in [0.15, 0.2) is 0 Å². The van der Waals surface area contributed by atoms with E-state index in [4.69, 9.17) is 4.74 Å². The average molecular weight is 527 g/mol. The maximum Gasteiger partial charge on any atom is 0.332 e. The third-order valence-corrected chi connectivity index (χ3v) is 7.80. The molecule has 0 bridgehead atoms. The molecule has 0 saturated carbocycles. The molecule has 0 aliphatic carbocycles. The van der Waals surface area contributed by atoms with Crippen LogP contribution in [-0.2, 0) is 11.3 Å². The molecule has 2 aliphatic rings. The summed E-state index contributed by atoms with van der Waals surface area (Å²) in [6.45, 7) is 5.57. The predicted octanol–water partition coefficient (Wildman–Crippen LogP) is 5.43. The second-order valence-electron chi connectivity index (χ2n) is 9.15. The molecule has 0 spiro atoms. The average Bonchev–Trinajstić information content (AvgIpc) is 3.31. The smallest absolute Gasteiger partial charge is 0.332 e. The number of para-hydroxylation sites is 1. The Morgan fingerprint density at radius 1 is 1.18 bits per heavy atom. The van der Waals surface area contributed by atoms with E-state index in [2.05, 4.69) is 27.2 Å². The van der Waals surface area contributed by atoms with Gasteiger partial charge in [0.1, 0.15) is 22.1 Å². The Labute approximate surface area is 223 Å². The Balaban J connectivity index is 1.23. The van der Waals surface area contributed by atoms with Crippen molar-refractivity contribution in [2.45, 2.75) is 25.4 Å². The number of thiophene rings is 1. The number of amides is 3. The number of piperidine rings is 1. The van der Waals surface area contributed by atoms with E-state index in [1.54, 1.807) is 40.8 Å². The maximum atomic E-state index is 13.3. The highest BCUT2D eigenvalue weighted by Crippen LogP contribution is 2.45. The van der Waals surface area contributed by atoms with E-state index in [-0.39, 0.29) is 18.0 Å². The van der Waals surface area contributed by atoms with Crippen molar-refractivity contribution in [2.24, 2.45) is 0 Å². The van der Waals surface area contributed by atoms with Crippen LogP contribution in [0.2, 0.25) is 0 Å². The molecule has 1 fully saturated rings. The summed E-state index contributed by atoms with van der Waals surface area (Å²) in [7, 11) is 0. The number of nitrogens with zero attached hydrogens (tertiary/aromatic N) is 4. The van der Waals surface area contributed by atoms with Gasteiger partial charge in [-0.05, 0) is 49.2 Å². The second-order valence-corrected chi connectivity index (χ2v) is 10.2. The van der Waals surface area contributed by atoms with Crippen molar-refractivity contribution in [1.82, 2.24) is 20.2 Å². The zero-order valence-electron chi connectivity index (χ0n) is 20.6. The number of nitrogens with one attached hydrogen (secondary N) is 2. The molecule has 5 heterocycles. The van der Waals surface area contributed by atoms with Gasteiger partial charge in [-0.2, -0.15) is 0 Å².